The quantitative estimate of drug-likeness (QED) is 0.604. The molecule has 3 heteroatoms. The van der Waals surface area contributed by atoms with Gasteiger partial charge >= 0.3 is 0 Å². The maximum Gasteiger partial charge on any atom is 0.122 e. The first-order valence-corrected chi connectivity index (χ1v) is 6.81. The van der Waals surface area contributed by atoms with Gasteiger partial charge < -0.3 is 0 Å². The van der Waals surface area contributed by atoms with Gasteiger partial charge in [-0.2, -0.15) is 4.89 Å². The van der Waals surface area contributed by atoms with E-state index in [-0.39, 0.29) is 22.2 Å². The molecule has 0 spiro atoms. The Hall–Kier alpha value is -0.120. The van der Waals surface area contributed by atoms with Gasteiger partial charge in [-0.25, -0.2) is 4.89 Å². The molecule has 0 bridgehead atoms. The molecule has 0 radical (unpaired) electrons. The lowest BCUT2D eigenvalue weighted by Gasteiger charge is -2.59. The van der Waals surface area contributed by atoms with Crippen LogP contribution in [-0.2, 0) is 14.8 Å². The fraction of sp³-hybridized carbons (Fsp3) is 1.00. The van der Waals surface area contributed by atoms with Crippen molar-refractivity contribution in [3.05, 3.63) is 0 Å². The van der Waals surface area contributed by atoms with E-state index < -0.39 is 5.60 Å². The monoisotopic (exact) mass is 258 g/mol. The molecular weight excluding hydrogens is 228 g/mol. The Morgan fingerprint density at radius 2 is 1.28 bits per heavy atom. The normalized spacial score (nSPS) is 26.2. The SMILES string of the molecule is CC(C)(C)C1COOOC1(C(C)(C)C)C(C)(C)C. The zero-order valence-electron chi connectivity index (χ0n) is 13.5. The largest absolute Gasteiger partial charge is 0.206 e. The van der Waals surface area contributed by atoms with Gasteiger partial charge in [0.15, 0.2) is 0 Å². The van der Waals surface area contributed by atoms with E-state index in [0.717, 1.165) is 0 Å². The molecule has 108 valence electrons. The maximum atomic E-state index is 5.81. The van der Waals surface area contributed by atoms with Crippen molar-refractivity contribution in [1.82, 2.24) is 0 Å². The first-order chi connectivity index (χ1) is 7.84. The molecule has 0 amide bonds. The Kier molecular flexibility index (Phi) is 3.95. The summed E-state index contributed by atoms with van der Waals surface area (Å²) < 4.78 is 0. The van der Waals surface area contributed by atoms with Crippen LogP contribution < -0.4 is 0 Å². The second-order valence-electron chi connectivity index (χ2n) is 8.59. The van der Waals surface area contributed by atoms with Crippen LogP contribution in [0.5, 0.6) is 0 Å². The fourth-order valence-electron chi connectivity index (χ4n) is 3.63. The summed E-state index contributed by atoms with van der Waals surface area (Å²) in [4.78, 5) is 10.9. The molecule has 3 nitrogen and oxygen atoms in total. The highest BCUT2D eigenvalue weighted by atomic mass is 17.5. The summed E-state index contributed by atoms with van der Waals surface area (Å²) in [6, 6.07) is 0. The number of hydrogen-bond acceptors (Lipinski definition) is 3. The van der Waals surface area contributed by atoms with E-state index in [1.807, 2.05) is 0 Å². The Bertz CT molecular complexity index is 274. The minimum atomic E-state index is -0.392. The van der Waals surface area contributed by atoms with Gasteiger partial charge in [0.1, 0.15) is 5.60 Å². The summed E-state index contributed by atoms with van der Waals surface area (Å²) >= 11 is 0. The van der Waals surface area contributed by atoms with Crippen molar-refractivity contribution in [2.24, 2.45) is 22.2 Å². The van der Waals surface area contributed by atoms with E-state index in [9.17, 15) is 0 Å². The Labute approximate surface area is 112 Å². The molecule has 1 atom stereocenters. The third kappa shape index (κ3) is 2.45. The van der Waals surface area contributed by atoms with Gasteiger partial charge in [0, 0.05) is 5.92 Å². The van der Waals surface area contributed by atoms with E-state index in [4.69, 9.17) is 14.8 Å². The minimum absolute atomic E-state index is 0.0486. The van der Waals surface area contributed by atoms with Gasteiger partial charge in [-0.1, -0.05) is 67.4 Å². The summed E-state index contributed by atoms with van der Waals surface area (Å²) in [5, 5.41) is 4.96. The first-order valence-electron chi connectivity index (χ1n) is 6.81. The zero-order valence-corrected chi connectivity index (χ0v) is 13.5. The van der Waals surface area contributed by atoms with E-state index in [0.29, 0.717) is 6.61 Å². The van der Waals surface area contributed by atoms with Crippen LogP contribution >= 0.6 is 0 Å². The summed E-state index contributed by atoms with van der Waals surface area (Å²) in [6.45, 7) is 20.6. The molecule has 0 saturated carbocycles. The second-order valence-corrected chi connectivity index (χ2v) is 8.59. The van der Waals surface area contributed by atoms with Gasteiger partial charge in [-0.15, -0.1) is 0 Å². The van der Waals surface area contributed by atoms with Crippen molar-refractivity contribution >= 4 is 0 Å². The van der Waals surface area contributed by atoms with Crippen LogP contribution in [0.3, 0.4) is 0 Å². The van der Waals surface area contributed by atoms with Crippen LogP contribution in [0.4, 0.5) is 0 Å². The highest BCUT2D eigenvalue weighted by Gasteiger charge is 2.62. The maximum absolute atomic E-state index is 5.81. The summed E-state index contributed by atoms with van der Waals surface area (Å²) in [5.41, 5.74) is -0.402. The Morgan fingerprint density at radius 3 is 1.56 bits per heavy atom. The summed E-state index contributed by atoms with van der Waals surface area (Å²) in [6.07, 6.45) is 0. The van der Waals surface area contributed by atoms with E-state index in [1.54, 1.807) is 0 Å². The molecule has 1 saturated heterocycles. The molecule has 1 fully saturated rings. The average molecular weight is 258 g/mol. The number of rotatable bonds is 0. The highest BCUT2D eigenvalue weighted by molar-refractivity contribution is 5.07. The molecule has 0 aromatic heterocycles. The molecule has 1 unspecified atom stereocenters. The minimum Gasteiger partial charge on any atom is -0.206 e. The molecule has 0 aromatic carbocycles. The van der Waals surface area contributed by atoms with Crippen molar-refractivity contribution < 1.29 is 14.8 Å². The Morgan fingerprint density at radius 1 is 0.833 bits per heavy atom. The topological polar surface area (TPSA) is 27.7 Å². The standard InChI is InChI=1S/C15H30O3/c1-12(2,3)11-10-16-18-17-15(11,13(4,5)6)14(7,8)9/h11H,10H2,1-9H3. The third-order valence-electron chi connectivity index (χ3n) is 4.21. The van der Waals surface area contributed by atoms with Crippen LogP contribution in [-0.4, -0.2) is 12.2 Å². The van der Waals surface area contributed by atoms with Crippen LogP contribution in [0, 0.1) is 22.2 Å². The predicted molar refractivity (Wildman–Crippen MR) is 72.7 cm³/mol. The molecular formula is C15H30O3. The second kappa shape index (κ2) is 4.46. The van der Waals surface area contributed by atoms with Crippen molar-refractivity contribution in [2.75, 3.05) is 6.61 Å². The van der Waals surface area contributed by atoms with Gasteiger partial charge in [0.25, 0.3) is 0 Å². The molecule has 0 aromatic rings. The van der Waals surface area contributed by atoms with Crippen LogP contribution in [0.1, 0.15) is 62.3 Å². The molecule has 1 rings (SSSR count). The first kappa shape index (κ1) is 15.9. The van der Waals surface area contributed by atoms with E-state index in [1.165, 1.54) is 0 Å². The van der Waals surface area contributed by atoms with Crippen molar-refractivity contribution in [2.45, 2.75) is 67.9 Å². The van der Waals surface area contributed by atoms with Gasteiger partial charge in [-0.05, 0) is 16.2 Å². The smallest absolute Gasteiger partial charge is 0.122 e. The highest BCUT2D eigenvalue weighted by Crippen LogP contribution is 2.57. The molecule has 0 N–H and O–H groups in total. The summed E-state index contributed by atoms with van der Waals surface area (Å²) in [7, 11) is 0. The molecule has 1 heterocycles. The van der Waals surface area contributed by atoms with Crippen molar-refractivity contribution in [1.29, 1.82) is 0 Å². The van der Waals surface area contributed by atoms with Crippen molar-refractivity contribution in [3.63, 3.8) is 0 Å². The number of hydrogen-bond donors (Lipinski definition) is 0. The Balaban J connectivity index is 3.38. The lowest BCUT2D eigenvalue weighted by molar-refractivity contribution is -0.604. The van der Waals surface area contributed by atoms with E-state index >= 15 is 0 Å². The van der Waals surface area contributed by atoms with Crippen LogP contribution in [0.25, 0.3) is 0 Å². The predicted octanol–water partition coefficient (Wildman–Crippen LogP) is 4.37. The van der Waals surface area contributed by atoms with Crippen molar-refractivity contribution in [3.8, 4) is 0 Å². The van der Waals surface area contributed by atoms with Crippen LogP contribution in [0.2, 0.25) is 0 Å². The van der Waals surface area contributed by atoms with Gasteiger partial charge in [0.05, 0.1) is 6.61 Å². The van der Waals surface area contributed by atoms with Gasteiger partial charge in [-0.3, -0.25) is 0 Å². The zero-order chi connectivity index (χ0) is 14.4. The van der Waals surface area contributed by atoms with Crippen LogP contribution in [0.15, 0.2) is 0 Å². The molecule has 1 aliphatic rings. The molecule has 1 aliphatic heterocycles. The fourth-order valence-corrected chi connectivity index (χ4v) is 3.63. The molecule has 18 heavy (non-hydrogen) atoms. The lowest BCUT2D eigenvalue weighted by atomic mass is 9.52. The lowest BCUT2D eigenvalue weighted by Crippen LogP contribution is -2.65. The summed E-state index contributed by atoms with van der Waals surface area (Å²) in [5.74, 6) is 0.263. The molecule has 0 aliphatic carbocycles. The average Bonchev–Trinajstić information content (AvgIpc) is 2.12. The van der Waals surface area contributed by atoms with E-state index in [2.05, 4.69) is 62.3 Å². The third-order valence-corrected chi connectivity index (χ3v) is 4.21. The van der Waals surface area contributed by atoms with Gasteiger partial charge in [0.2, 0.25) is 0 Å².